The predicted molar refractivity (Wildman–Crippen MR) is 291 cm³/mol. The molecule has 0 radical (unpaired) electrons. The number of hydrogen-bond acceptors (Lipinski definition) is 13. The second-order valence-corrected chi connectivity index (χ2v) is 24.7. The molecule has 0 aliphatic rings. The molecule has 2 unspecified atom stereocenters. The fraction of sp³-hybridized carbons (Fsp3) is 0.211. The van der Waals surface area contributed by atoms with Crippen LogP contribution in [0.3, 0.4) is 0 Å². The zero-order valence-electron chi connectivity index (χ0n) is 43.3. The van der Waals surface area contributed by atoms with Crippen LogP contribution in [0.5, 0.6) is 0 Å². The van der Waals surface area contributed by atoms with Crippen molar-refractivity contribution >= 4 is 71.7 Å². The van der Waals surface area contributed by atoms with E-state index in [9.17, 15) is 38.2 Å². The summed E-state index contributed by atoms with van der Waals surface area (Å²) in [4.78, 5) is 51.6. The molecule has 12 nitrogen and oxygen atoms in total. The van der Waals surface area contributed by atoms with Crippen LogP contribution in [0.25, 0.3) is 0 Å². The minimum Gasteiger partial charge on any atom is -0.790 e. The van der Waals surface area contributed by atoms with Crippen LogP contribution in [0.2, 0.25) is 0 Å². The standard InChI is InChI=1S/C22H21O5PS.C18H21O4P.C16H17O3P.CH4.2Na/c1-16-13-18(15-29-27-26-24)14-17(2)21(16)22(23)28(25,19-9-5-3-6-10-19)20-11-7-4-8-12-20;1-13-11-14(2)17(15(3)12-13)18(20)23(21,22-10-9-19)16-7-5-4-6-8-16;1-11-9-12(2)15(13(3)10-11)16(17)20(18,19)14-7-5-4-6-8-14;;;/h3-14,24H,15H2,1-2H3;4-8,11-12,19H,9-10H2,1-3H3;4-10H,1-3H3,(H,18,19);1H4;;/q;;;;2*+1/p-2. The van der Waals surface area contributed by atoms with E-state index < -0.39 is 32.9 Å². The molecule has 0 bridgehead atoms. The van der Waals surface area contributed by atoms with Crippen molar-refractivity contribution in [2.45, 2.75) is 68.6 Å². The minimum atomic E-state index is -4.32. The molecule has 0 fully saturated rings. The van der Waals surface area contributed by atoms with Crippen LogP contribution in [0, 0.1) is 55.4 Å². The van der Waals surface area contributed by atoms with Crippen LogP contribution in [0.4, 0.5) is 0 Å². The maximum Gasteiger partial charge on any atom is 1.00 e. The van der Waals surface area contributed by atoms with E-state index in [2.05, 4.69) is 9.37 Å². The monoisotopic (exact) mass is 1110 g/mol. The SMILES string of the molecule is C.Cc1cc(C)c(C(=O)P(=O)(OCCO)c2ccccc2)c(C)c1.Cc1cc(C)c(C(=O)P(=O)([O-])c2ccccc2)c(C)c1.Cc1cc(CSOO[O-])cc(C)c1C(=O)P(=O)(c1ccccc1)c1ccccc1.[Na+].[Na+]. The average Bonchev–Trinajstić information content (AvgIpc) is 3.36. The van der Waals surface area contributed by atoms with Gasteiger partial charge in [0.2, 0.25) is 18.2 Å². The Labute approximate surface area is 490 Å². The van der Waals surface area contributed by atoms with E-state index in [1.54, 1.807) is 111 Å². The van der Waals surface area contributed by atoms with Gasteiger partial charge in [-0.1, -0.05) is 164 Å². The summed E-state index contributed by atoms with van der Waals surface area (Å²) in [5, 5.41) is 23.8. The van der Waals surface area contributed by atoms with E-state index in [-0.39, 0.29) is 96.1 Å². The zero-order chi connectivity index (χ0) is 52.8. The van der Waals surface area contributed by atoms with Crippen molar-refractivity contribution in [2.24, 2.45) is 0 Å². The van der Waals surface area contributed by atoms with E-state index in [4.69, 9.17) is 9.63 Å². The minimum absolute atomic E-state index is 0. The van der Waals surface area contributed by atoms with Gasteiger partial charge in [-0.3, -0.25) is 24.0 Å². The number of carbonyl (C=O) groups excluding carboxylic acids is 3. The number of aryl methyl sites for hydroxylation is 8. The molecule has 0 aromatic heterocycles. The summed E-state index contributed by atoms with van der Waals surface area (Å²) in [6.07, 6.45) is 0. The van der Waals surface area contributed by atoms with Gasteiger partial charge in [0.1, 0.15) is 7.37 Å². The Morgan fingerprint density at radius 1 is 0.507 bits per heavy atom. The van der Waals surface area contributed by atoms with Gasteiger partial charge in [0, 0.05) is 55.7 Å². The van der Waals surface area contributed by atoms with Crippen LogP contribution in [-0.2, 0) is 33.3 Å². The van der Waals surface area contributed by atoms with Gasteiger partial charge in [0.15, 0.2) is 0 Å². The number of rotatable bonds is 17. The van der Waals surface area contributed by atoms with Crippen LogP contribution in [0.15, 0.2) is 158 Å². The molecule has 18 heteroatoms. The molecule has 0 amide bonds. The van der Waals surface area contributed by atoms with Gasteiger partial charge in [-0.05, 0) is 106 Å². The molecule has 0 aliphatic heterocycles. The maximum atomic E-state index is 14.3. The van der Waals surface area contributed by atoms with E-state index in [1.807, 2.05) is 90.1 Å². The van der Waals surface area contributed by atoms with Gasteiger partial charge in [0.25, 0.3) is 5.52 Å². The Kier molecular flexibility index (Phi) is 27.9. The van der Waals surface area contributed by atoms with Gasteiger partial charge in [-0.2, -0.15) is 4.33 Å². The molecule has 1 N–H and O–H groups in total. The molecular weight excluding hydrogens is 1050 g/mol. The van der Waals surface area contributed by atoms with Gasteiger partial charge < -0.3 is 28.9 Å². The van der Waals surface area contributed by atoms with E-state index in [0.717, 1.165) is 51.0 Å². The normalized spacial score (nSPS) is 12.3. The first-order valence-electron chi connectivity index (χ1n) is 22.7. The molecule has 0 saturated carbocycles. The van der Waals surface area contributed by atoms with Crippen LogP contribution in [0.1, 0.15) is 88.6 Å². The second-order valence-electron chi connectivity index (χ2n) is 17.1. The third kappa shape index (κ3) is 16.7. The number of aliphatic hydroxyl groups excluding tert-OH is 1. The van der Waals surface area contributed by atoms with Gasteiger partial charge in [-0.15, -0.1) is 0 Å². The summed E-state index contributed by atoms with van der Waals surface area (Å²) in [6, 6.07) is 45.2. The fourth-order valence-electron chi connectivity index (χ4n) is 8.52. The molecule has 7 rings (SSSR count). The summed E-state index contributed by atoms with van der Waals surface area (Å²) in [5.41, 5.74) is 6.77. The first-order chi connectivity index (χ1) is 34.2. The average molecular weight is 1110 g/mol. The molecule has 0 spiro atoms. The van der Waals surface area contributed by atoms with Crippen molar-refractivity contribution in [3.63, 3.8) is 0 Å². The Balaban J connectivity index is 0.000000384. The number of aliphatic hydroxyl groups is 1. The van der Waals surface area contributed by atoms with Crippen molar-refractivity contribution in [3.8, 4) is 0 Å². The quantitative estimate of drug-likeness (QED) is 0.0334. The summed E-state index contributed by atoms with van der Waals surface area (Å²) in [7, 11) is -11.6. The van der Waals surface area contributed by atoms with Crippen molar-refractivity contribution in [3.05, 3.63) is 224 Å². The summed E-state index contributed by atoms with van der Waals surface area (Å²) in [6.45, 7) is 14.2. The van der Waals surface area contributed by atoms with E-state index >= 15 is 0 Å². The zero-order valence-corrected chi connectivity index (χ0v) is 50.8. The third-order valence-corrected chi connectivity index (χ3v) is 19.0. The molecular formula is C57H61Na2O12P3S. The summed E-state index contributed by atoms with van der Waals surface area (Å²) in [5.74, 6) is 0.382. The number of benzene rings is 7. The number of hydrogen-bond donors (Lipinski definition) is 1. The van der Waals surface area contributed by atoms with Gasteiger partial charge in [0.05, 0.1) is 13.2 Å². The fourth-order valence-corrected chi connectivity index (χ4v) is 15.0. The third-order valence-electron chi connectivity index (χ3n) is 11.5. The molecule has 0 saturated heterocycles. The molecule has 75 heavy (non-hydrogen) atoms. The topological polar surface area (TPSA) is 196 Å². The molecule has 0 aliphatic carbocycles. The summed E-state index contributed by atoms with van der Waals surface area (Å²) < 4.78 is 49.8. The molecule has 7 aromatic rings. The van der Waals surface area contributed by atoms with Crippen LogP contribution < -0.4 is 90.5 Å². The first-order valence-corrected chi connectivity index (χ1v) is 28.6. The maximum absolute atomic E-state index is 14.3. The van der Waals surface area contributed by atoms with Crippen molar-refractivity contribution in [1.29, 1.82) is 0 Å². The second kappa shape index (κ2) is 31.1. The molecule has 0 heterocycles. The van der Waals surface area contributed by atoms with Crippen molar-refractivity contribution in [1.82, 2.24) is 0 Å². The smallest absolute Gasteiger partial charge is 0.790 e. The largest absolute Gasteiger partial charge is 1.00 e. The molecule has 384 valence electrons. The molecule has 2 atom stereocenters. The van der Waals surface area contributed by atoms with Gasteiger partial charge in [-0.25, -0.2) is 0 Å². The van der Waals surface area contributed by atoms with Crippen molar-refractivity contribution in [2.75, 3.05) is 13.2 Å². The van der Waals surface area contributed by atoms with Crippen LogP contribution in [-0.4, -0.2) is 34.9 Å². The first kappa shape index (κ1) is 67.5. The van der Waals surface area contributed by atoms with Crippen LogP contribution >= 0.6 is 33.9 Å². The van der Waals surface area contributed by atoms with Gasteiger partial charge >= 0.3 is 66.5 Å². The van der Waals surface area contributed by atoms with Crippen molar-refractivity contribution < 1.29 is 116 Å². The van der Waals surface area contributed by atoms with E-state index in [0.29, 0.717) is 43.9 Å². The van der Waals surface area contributed by atoms with E-state index in [1.165, 1.54) is 12.1 Å². The Morgan fingerprint density at radius 3 is 1.21 bits per heavy atom. The summed E-state index contributed by atoms with van der Waals surface area (Å²) >= 11 is 0.863. The molecule has 7 aromatic carbocycles. The Bertz CT molecular complexity index is 3070. The Morgan fingerprint density at radius 2 is 0.840 bits per heavy atom. The number of carbonyl (C=O) groups is 3. The predicted octanol–water partition coefficient (Wildman–Crippen LogP) is 4.55. The Hall–Kier alpha value is -3.65.